The molecule has 0 saturated heterocycles. The number of unbranched alkanes of at least 4 members (excludes halogenated alkanes) is 3. The van der Waals surface area contributed by atoms with E-state index >= 15 is 0 Å². The van der Waals surface area contributed by atoms with Crippen molar-refractivity contribution in [3.05, 3.63) is 106 Å². The van der Waals surface area contributed by atoms with E-state index in [4.69, 9.17) is 10.2 Å². The Balaban J connectivity index is 0.000000471. The summed E-state index contributed by atoms with van der Waals surface area (Å²) >= 11 is 5.51. The third-order valence-electron chi connectivity index (χ3n) is 13.2. The van der Waals surface area contributed by atoms with E-state index in [0.717, 1.165) is 46.3 Å². The maximum atomic E-state index is 12.2. The average molecular weight is 1080 g/mol. The fourth-order valence-electron chi connectivity index (χ4n) is 8.90. The first-order chi connectivity index (χ1) is 33.1. The number of rotatable bonds is 21. The van der Waals surface area contributed by atoms with Gasteiger partial charge < -0.3 is 9.45 Å². The molecule has 0 N–H and O–H groups in total. The Hall–Kier alpha value is -3.59. The summed E-state index contributed by atoms with van der Waals surface area (Å²) in [5.41, 5.74) is 11.1. The van der Waals surface area contributed by atoms with Crippen LogP contribution in [-0.4, -0.2) is 75.6 Å². The normalized spacial score (nSPS) is 18.8. The molecule has 1 aliphatic carbocycles. The minimum absolute atomic E-state index is 0.0553. The largest absolute Gasteiger partial charge is 0.743 e. The van der Waals surface area contributed by atoms with Crippen LogP contribution < -0.4 is 4.90 Å². The van der Waals surface area contributed by atoms with E-state index in [2.05, 4.69) is 138 Å². The molecule has 0 bridgehead atoms. The van der Waals surface area contributed by atoms with Crippen LogP contribution in [0.2, 0.25) is 0 Å². The number of anilines is 1. The molecule has 3 aliphatic rings. The second kappa shape index (κ2) is 23.3. The minimum atomic E-state index is -7.43. The van der Waals surface area contributed by atoms with Crippen LogP contribution in [0.25, 0.3) is 0 Å². The van der Waals surface area contributed by atoms with E-state index < -0.39 is 33.4 Å². The van der Waals surface area contributed by atoms with Crippen LogP contribution in [-0.2, 0) is 20.9 Å². The van der Waals surface area contributed by atoms with Gasteiger partial charge in [-0.3, -0.25) is 0 Å². The molecule has 3 heterocycles. The van der Waals surface area contributed by atoms with Gasteiger partial charge in [0.15, 0.2) is 24.5 Å². The molecule has 0 saturated carbocycles. The van der Waals surface area contributed by atoms with Gasteiger partial charge in [0.05, 0.1) is 5.41 Å². The van der Waals surface area contributed by atoms with Crippen molar-refractivity contribution in [1.82, 2.24) is 10.2 Å². The molecule has 71 heavy (non-hydrogen) atoms. The van der Waals surface area contributed by atoms with Crippen molar-refractivity contribution < 1.29 is 57.1 Å². The molecule has 1 aromatic heterocycles. The van der Waals surface area contributed by atoms with Gasteiger partial charge in [0.2, 0.25) is 5.69 Å². The molecule has 2 aromatic carbocycles. The van der Waals surface area contributed by atoms with E-state index in [9.17, 15) is 52.5 Å². The van der Waals surface area contributed by atoms with E-state index in [-0.39, 0.29) is 10.8 Å². The zero-order valence-electron chi connectivity index (χ0n) is 41.2. The van der Waals surface area contributed by atoms with Gasteiger partial charge in [-0.05, 0) is 74.3 Å². The van der Waals surface area contributed by atoms with Crippen LogP contribution in [0.1, 0.15) is 131 Å². The van der Waals surface area contributed by atoms with Crippen LogP contribution in [0.5, 0.6) is 0 Å². The van der Waals surface area contributed by atoms with E-state index in [1.54, 1.807) is 11.3 Å². The predicted octanol–water partition coefficient (Wildman–Crippen LogP) is 15.8. The summed E-state index contributed by atoms with van der Waals surface area (Å²) in [5.74, 6) is -12.9. The van der Waals surface area contributed by atoms with Gasteiger partial charge in [0.1, 0.15) is 6.54 Å². The number of halogens is 9. The summed E-state index contributed by atoms with van der Waals surface area (Å²) in [6.45, 7) is 20.9. The zero-order valence-corrected chi connectivity index (χ0v) is 44.5. The molecule has 7 nitrogen and oxygen atoms in total. The number of allylic oxidation sites excluding steroid dienone is 7. The Labute approximate surface area is 425 Å². The highest BCUT2D eigenvalue weighted by Gasteiger charge is 2.83. The molecule has 1 atom stereocenters. The zero-order chi connectivity index (χ0) is 52.8. The lowest BCUT2D eigenvalue weighted by molar-refractivity contribution is -0.438. The highest BCUT2D eigenvalue weighted by molar-refractivity contribution is 8.05. The number of nitrogens with zero attached hydrogens (tertiary/aromatic N) is 4. The number of para-hydroxylation sites is 2. The fourth-order valence-corrected chi connectivity index (χ4v) is 12.9. The van der Waals surface area contributed by atoms with Gasteiger partial charge in [0, 0.05) is 58.1 Å². The Bertz CT molecular complexity index is 2620. The smallest absolute Gasteiger partial charge is 0.460 e. The van der Waals surface area contributed by atoms with Gasteiger partial charge in [-0.2, -0.15) is 44.1 Å². The summed E-state index contributed by atoms with van der Waals surface area (Å²) in [6, 6.07) is 18.0. The average Bonchev–Trinajstić information content (AvgIpc) is 4.03. The molecule has 0 spiro atoms. The number of hydrogen-bond donors (Lipinski definition) is 0. The third kappa shape index (κ3) is 12.3. The number of thioether (sulfide) groups is 2. The van der Waals surface area contributed by atoms with Gasteiger partial charge in [-0.25, -0.2) is 8.42 Å². The number of benzene rings is 2. The van der Waals surface area contributed by atoms with Gasteiger partial charge in [0.25, 0.3) is 0 Å². The van der Waals surface area contributed by atoms with E-state index in [1.165, 1.54) is 101 Å². The van der Waals surface area contributed by atoms with Gasteiger partial charge in [-0.15, -0.1) is 10.2 Å². The number of alkyl halides is 9. The third-order valence-corrected chi connectivity index (χ3v) is 17.6. The monoisotopic (exact) mass is 1080 g/mol. The predicted molar refractivity (Wildman–Crippen MR) is 268 cm³/mol. The van der Waals surface area contributed by atoms with Gasteiger partial charge in [-0.1, -0.05) is 157 Å². The van der Waals surface area contributed by atoms with Crippen molar-refractivity contribution >= 4 is 62.1 Å². The number of hydrogen-bond acceptors (Lipinski definition) is 9. The van der Waals surface area contributed by atoms with Gasteiger partial charge >= 0.3 is 23.3 Å². The maximum Gasteiger partial charge on any atom is 0.460 e. The highest BCUT2D eigenvalue weighted by Crippen LogP contribution is 2.55. The lowest BCUT2D eigenvalue weighted by Crippen LogP contribution is -2.63. The van der Waals surface area contributed by atoms with Crippen molar-refractivity contribution in [3.63, 3.8) is 0 Å². The topological polar surface area (TPSA) is 89.2 Å². The summed E-state index contributed by atoms with van der Waals surface area (Å²) in [5, 5.41) is 2.35. The van der Waals surface area contributed by atoms with Crippen LogP contribution >= 0.6 is 34.9 Å². The first kappa shape index (κ1) is 58.3. The van der Waals surface area contributed by atoms with Crippen molar-refractivity contribution in [2.24, 2.45) is 5.92 Å². The fraction of sp³-hybridized carbons (Fsp3) is 0.549. The molecule has 1 unspecified atom stereocenters. The van der Waals surface area contributed by atoms with Crippen molar-refractivity contribution in [2.45, 2.75) is 162 Å². The standard InChI is InChI=1S/C47H63N4S3.C4HF9O3S/c1-9-13-20-34(12-4)33-52-44-48-49-45(54-44)53-43-35(27-29-41-46(5,6)37-21-16-18-23-39(37)50(41)31-14-10-2)25-26-36(43)28-30-42-47(7,8)38-22-17-19-24-40(38)51(42)32-15-11-3;5-1(6,3(9,10)11)2(7,8)4(12,13)17(14,15)16/h16-19,21-24,27-30,34H,9-15,20,25-26,31-33H2,1-8H3;(H,14,15,16)/q+1;/p-1. The summed E-state index contributed by atoms with van der Waals surface area (Å²) in [7, 11) is -7.42. The molecule has 2 aliphatic heterocycles. The number of fused-ring (bicyclic) bond motifs is 2. The molecule has 392 valence electrons. The molecular weight excluding hydrogens is 1020 g/mol. The molecule has 0 amide bonds. The summed E-state index contributed by atoms with van der Waals surface area (Å²) in [4.78, 5) is 3.94. The lowest BCUT2D eigenvalue weighted by atomic mass is 9.81. The molecule has 6 rings (SSSR count). The highest BCUT2D eigenvalue weighted by atomic mass is 32.2. The Morgan fingerprint density at radius 3 is 2.03 bits per heavy atom. The molecule has 0 radical (unpaired) electrons. The van der Waals surface area contributed by atoms with Crippen molar-refractivity contribution in [2.75, 3.05) is 23.7 Å². The van der Waals surface area contributed by atoms with E-state index in [1.807, 2.05) is 23.5 Å². The van der Waals surface area contributed by atoms with Crippen LogP contribution in [0, 0.1) is 5.92 Å². The number of aromatic nitrogens is 2. The maximum absolute atomic E-state index is 12.2. The second-order valence-electron chi connectivity index (χ2n) is 18.9. The van der Waals surface area contributed by atoms with Crippen LogP contribution in [0.4, 0.5) is 50.9 Å². The first-order valence-corrected chi connectivity index (χ1v) is 27.9. The SMILES string of the molecule is CCCCC(CC)CSc1nnc(SC2=C(/C=C/C3=[N+](CCCC)c4ccccc4C3(C)C)CC/C2=C\C=C2\N(CCCC)c3ccccc3C2(C)C)s1.O=S(=O)([O-])C(F)(F)C(F)(F)C(F)(F)C(F)(F)F. The van der Waals surface area contributed by atoms with Crippen molar-refractivity contribution in [3.8, 4) is 0 Å². The summed E-state index contributed by atoms with van der Waals surface area (Å²) < 4.78 is 140. The second-order valence-corrected chi connectivity index (χ2v) is 23.8. The van der Waals surface area contributed by atoms with Crippen molar-refractivity contribution in [1.29, 1.82) is 0 Å². The van der Waals surface area contributed by atoms with Crippen LogP contribution in [0.15, 0.2) is 103 Å². The molecule has 0 fully saturated rings. The quantitative estimate of drug-likeness (QED) is 0.0451. The Kier molecular flexibility index (Phi) is 19.1. The summed E-state index contributed by atoms with van der Waals surface area (Å²) in [6.07, 6.45) is 14.5. The van der Waals surface area contributed by atoms with Crippen LogP contribution in [0.3, 0.4) is 0 Å². The Morgan fingerprint density at radius 1 is 0.789 bits per heavy atom. The lowest BCUT2D eigenvalue weighted by Gasteiger charge is -2.34. The Morgan fingerprint density at radius 2 is 1.41 bits per heavy atom. The van der Waals surface area contributed by atoms with E-state index in [0.29, 0.717) is 0 Å². The minimum Gasteiger partial charge on any atom is -0.743 e. The molecule has 3 aromatic rings. The molecule has 20 heteroatoms. The first-order valence-electron chi connectivity index (χ1n) is 23.9. The molecular formula is C51H63F9N4O3S4.